The summed E-state index contributed by atoms with van der Waals surface area (Å²) in [6, 6.07) is 3.33. The number of alkyl halides is 1. The summed E-state index contributed by atoms with van der Waals surface area (Å²) < 4.78 is 21.5. The minimum Gasteiger partial charge on any atom is -0.376 e. The van der Waals surface area contributed by atoms with E-state index in [0.29, 0.717) is 11.1 Å². The van der Waals surface area contributed by atoms with Crippen LogP contribution in [0.1, 0.15) is 36.5 Å². The van der Waals surface area contributed by atoms with Crippen molar-refractivity contribution in [3.8, 4) is 0 Å². The Bertz CT molecular complexity index is 632. The predicted molar refractivity (Wildman–Crippen MR) is 77.7 cm³/mol. The normalized spacial score (nSPS) is 20.7. The van der Waals surface area contributed by atoms with E-state index in [4.69, 9.17) is 16.3 Å². The van der Waals surface area contributed by atoms with Gasteiger partial charge in [0.1, 0.15) is 11.6 Å². The number of aryl methyl sites for hydroxylation is 1. The van der Waals surface area contributed by atoms with Crippen LogP contribution in [0.15, 0.2) is 12.1 Å². The van der Waals surface area contributed by atoms with Crippen molar-refractivity contribution in [2.75, 3.05) is 6.61 Å². The molecule has 3 rings (SSSR count). The highest BCUT2D eigenvalue weighted by molar-refractivity contribution is 6.20. The van der Waals surface area contributed by atoms with E-state index in [0.717, 1.165) is 37.3 Å². The fraction of sp³-hybridized carbons (Fsp3) is 0.533. The average Bonchev–Trinajstić information content (AvgIpc) is 3.00. The standard InChI is InChI=1S/C15H18ClFN2O/c1-9-6-14-13(7-12(9)17)18-15(10(2)16)19(14)8-11-4-3-5-20-11/h6-7,10-11H,3-5,8H2,1-2H3. The lowest BCUT2D eigenvalue weighted by molar-refractivity contribution is 0.0972. The zero-order chi connectivity index (χ0) is 14.3. The number of halogens is 2. The second-order valence-electron chi connectivity index (χ2n) is 5.42. The fourth-order valence-corrected chi connectivity index (χ4v) is 2.92. The molecule has 0 saturated carbocycles. The van der Waals surface area contributed by atoms with Crippen LogP contribution in [0.5, 0.6) is 0 Å². The molecule has 1 fully saturated rings. The van der Waals surface area contributed by atoms with Gasteiger partial charge in [0, 0.05) is 12.7 Å². The quantitative estimate of drug-likeness (QED) is 0.802. The van der Waals surface area contributed by atoms with Gasteiger partial charge in [-0.1, -0.05) is 0 Å². The van der Waals surface area contributed by atoms with Gasteiger partial charge < -0.3 is 9.30 Å². The van der Waals surface area contributed by atoms with E-state index < -0.39 is 0 Å². The molecule has 1 saturated heterocycles. The summed E-state index contributed by atoms with van der Waals surface area (Å²) >= 11 is 6.23. The largest absolute Gasteiger partial charge is 0.376 e. The van der Waals surface area contributed by atoms with E-state index in [9.17, 15) is 4.39 Å². The Morgan fingerprint density at radius 2 is 2.35 bits per heavy atom. The van der Waals surface area contributed by atoms with Gasteiger partial charge in [-0.15, -0.1) is 11.6 Å². The van der Waals surface area contributed by atoms with Crippen LogP contribution in [-0.2, 0) is 11.3 Å². The van der Waals surface area contributed by atoms with Crippen molar-refractivity contribution in [2.45, 2.75) is 44.7 Å². The first-order valence-corrected chi connectivity index (χ1v) is 7.42. The van der Waals surface area contributed by atoms with Gasteiger partial charge in [0.05, 0.1) is 29.1 Å². The topological polar surface area (TPSA) is 27.1 Å². The van der Waals surface area contributed by atoms with E-state index in [1.54, 1.807) is 6.92 Å². The molecule has 0 amide bonds. The van der Waals surface area contributed by atoms with Crippen molar-refractivity contribution < 1.29 is 9.13 Å². The fourth-order valence-electron chi connectivity index (χ4n) is 2.76. The van der Waals surface area contributed by atoms with Crippen LogP contribution in [0.2, 0.25) is 0 Å². The molecule has 2 heterocycles. The van der Waals surface area contributed by atoms with Crippen LogP contribution < -0.4 is 0 Å². The third-order valence-electron chi connectivity index (χ3n) is 3.82. The van der Waals surface area contributed by atoms with Crippen LogP contribution in [0.3, 0.4) is 0 Å². The first-order chi connectivity index (χ1) is 9.56. The third kappa shape index (κ3) is 2.42. The van der Waals surface area contributed by atoms with Crippen LogP contribution in [0.25, 0.3) is 11.0 Å². The molecular weight excluding hydrogens is 279 g/mol. The molecule has 2 aromatic rings. The van der Waals surface area contributed by atoms with Crippen molar-refractivity contribution in [2.24, 2.45) is 0 Å². The molecule has 1 aromatic carbocycles. The molecule has 3 nitrogen and oxygen atoms in total. The molecule has 2 atom stereocenters. The monoisotopic (exact) mass is 296 g/mol. The second kappa shape index (κ2) is 5.34. The number of benzene rings is 1. The smallest absolute Gasteiger partial charge is 0.128 e. The first-order valence-electron chi connectivity index (χ1n) is 6.98. The maximum Gasteiger partial charge on any atom is 0.128 e. The number of hydrogen-bond acceptors (Lipinski definition) is 2. The van der Waals surface area contributed by atoms with Crippen LogP contribution >= 0.6 is 11.6 Å². The molecule has 1 aromatic heterocycles. The first kappa shape index (κ1) is 13.8. The van der Waals surface area contributed by atoms with Crippen molar-refractivity contribution in [1.29, 1.82) is 0 Å². The molecule has 0 radical (unpaired) electrons. The van der Waals surface area contributed by atoms with Crippen molar-refractivity contribution in [1.82, 2.24) is 9.55 Å². The van der Waals surface area contributed by atoms with Gasteiger partial charge in [0.15, 0.2) is 0 Å². The van der Waals surface area contributed by atoms with Gasteiger partial charge >= 0.3 is 0 Å². The van der Waals surface area contributed by atoms with Crippen molar-refractivity contribution in [3.05, 3.63) is 29.3 Å². The lowest BCUT2D eigenvalue weighted by Crippen LogP contribution is -2.17. The van der Waals surface area contributed by atoms with Gasteiger partial charge in [0.2, 0.25) is 0 Å². The summed E-state index contributed by atoms with van der Waals surface area (Å²) in [7, 11) is 0. The van der Waals surface area contributed by atoms with Crippen LogP contribution in [0.4, 0.5) is 4.39 Å². The Labute approximate surface area is 122 Å². The minimum atomic E-state index is -0.229. The van der Waals surface area contributed by atoms with E-state index >= 15 is 0 Å². The number of ether oxygens (including phenoxy) is 1. The van der Waals surface area contributed by atoms with Gasteiger partial charge in [0.25, 0.3) is 0 Å². The average molecular weight is 297 g/mol. The number of nitrogens with zero attached hydrogens (tertiary/aromatic N) is 2. The molecule has 2 unspecified atom stereocenters. The van der Waals surface area contributed by atoms with E-state index in [1.807, 2.05) is 13.0 Å². The molecule has 0 N–H and O–H groups in total. The molecule has 0 bridgehead atoms. The molecule has 0 spiro atoms. The summed E-state index contributed by atoms with van der Waals surface area (Å²) in [5, 5.41) is -0.216. The molecule has 5 heteroatoms. The van der Waals surface area contributed by atoms with E-state index in [1.165, 1.54) is 6.07 Å². The lowest BCUT2D eigenvalue weighted by atomic mass is 10.2. The molecular formula is C15H18ClFN2O. The van der Waals surface area contributed by atoms with Crippen LogP contribution in [-0.4, -0.2) is 22.3 Å². The zero-order valence-electron chi connectivity index (χ0n) is 11.7. The molecule has 20 heavy (non-hydrogen) atoms. The van der Waals surface area contributed by atoms with E-state index in [-0.39, 0.29) is 17.3 Å². The minimum absolute atomic E-state index is 0.201. The summed E-state index contributed by atoms with van der Waals surface area (Å²) in [6.45, 7) is 5.20. The Balaban J connectivity index is 2.10. The highest BCUT2D eigenvalue weighted by Crippen LogP contribution is 2.28. The maximum absolute atomic E-state index is 13.7. The summed E-state index contributed by atoms with van der Waals surface area (Å²) in [5.74, 6) is 0.551. The van der Waals surface area contributed by atoms with E-state index in [2.05, 4.69) is 9.55 Å². The Morgan fingerprint density at radius 1 is 1.55 bits per heavy atom. The maximum atomic E-state index is 13.7. The Kier molecular flexibility index (Phi) is 3.69. The predicted octanol–water partition coefficient (Wildman–Crippen LogP) is 3.96. The summed E-state index contributed by atoms with van der Waals surface area (Å²) in [6.07, 6.45) is 2.35. The SMILES string of the molecule is Cc1cc2c(cc1F)nc(C(C)Cl)n2CC1CCCO1. The van der Waals surface area contributed by atoms with Gasteiger partial charge in [-0.05, 0) is 38.3 Å². The highest BCUT2D eigenvalue weighted by atomic mass is 35.5. The van der Waals surface area contributed by atoms with Gasteiger partial charge in [-0.3, -0.25) is 0 Å². The van der Waals surface area contributed by atoms with Gasteiger partial charge in [-0.2, -0.15) is 0 Å². The lowest BCUT2D eigenvalue weighted by Gasteiger charge is -2.15. The summed E-state index contributed by atoms with van der Waals surface area (Å²) in [4.78, 5) is 4.49. The second-order valence-corrected chi connectivity index (χ2v) is 6.08. The Morgan fingerprint density at radius 3 is 3.00 bits per heavy atom. The molecule has 1 aliphatic heterocycles. The van der Waals surface area contributed by atoms with Crippen LogP contribution in [0, 0.1) is 12.7 Å². The third-order valence-corrected chi connectivity index (χ3v) is 4.02. The van der Waals surface area contributed by atoms with Gasteiger partial charge in [-0.25, -0.2) is 9.37 Å². The number of fused-ring (bicyclic) bond motifs is 1. The molecule has 0 aliphatic carbocycles. The number of imidazole rings is 1. The zero-order valence-corrected chi connectivity index (χ0v) is 12.5. The number of aromatic nitrogens is 2. The molecule has 1 aliphatic rings. The van der Waals surface area contributed by atoms with Crippen molar-refractivity contribution in [3.63, 3.8) is 0 Å². The Hall–Kier alpha value is -1.13. The number of hydrogen-bond donors (Lipinski definition) is 0. The summed E-state index contributed by atoms with van der Waals surface area (Å²) in [5.41, 5.74) is 2.22. The highest BCUT2D eigenvalue weighted by Gasteiger charge is 2.22. The number of rotatable bonds is 3. The molecule has 108 valence electrons. The van der Waals surface area contributed by atoms with Crippen molar-refractivity contribution >= 4 is 22.6 Å².